The Labute approximate surface area is 91.5 Å². The van der Waals surface area contributed by atoms with Gasteiger partial charge in [0.1, 0.15) is 0 Å². The molecule has 0 aliphatic heterocycles. The van der Waals surface area contributed by atoms with Crippen LogP contribution in [-0.2, 0) is 4.79 Å². The fourth-order valence-corrected chi connectivity index (χ4v) is 1.60. The molecule has 1 amide bonds. The second kappa shape index (κ2) is 3.79. The molecule has 1 aromatic heterocycles. The van der Waals surface area contributed by atoms with E-state index in [4.69, 9.17) is 17.3 Å². The molecule has 0 bridgehead atoms. The van der Waals surface area contributed by atoms with Gasteiger partial charge in [0.15, 0.2) is 0 Å². The van der Waals surface area contributed by atoms with Crippen LogP contribution in [0.1, 0.15) is 5.56 Å². The Hall–Kier alpha value is -1.74. The number of benzene rings is 1. The molecule has 0 spiro atoms. The van der Waals surface area contributed by atoms with E-state index in [1.54, 1.807) is 12.3 Å². The lowest BCUT2D eigenvalue weighted by molar-refractivity contribution is -0.113. The third-order valence-electron chi connectivity index (χ3n) is 2.10. The summed E-state index contributed by atoms with van der Waals surface area (Å²) in [5, 5.41) is 1.64. The predicted molar refractivity (Wildman–Crippen MR) is 61.5 cm³/mol. The largest absolute Gasteiger partial charge is 0.366 e. The number of nitrogens with two attached hydrogens (primary N) is 1. The molecule has 15 heavy (non-hydrogen) atoms. The standard InChI is InChI=1S/C11H9ClN2O/c12-8-2-3-10-9(5-8)7(6-14-10)1-4-11(13)15/h1-6,14H,(H2,13,15)/b4-1-. The highest BCUT2D eigenvalue weighted by molar-refractivity contribution is 6.31. The smallest absolute Gasteiger partial charge is 0.241 e. The first kappa shape index (κ1) is 9.80. The second-order valence-corrected chi connectivity index (χ2v) is 3.61. The van der Waals surface area contributed by atoms with Crippen molar-refractivity contribution in [2.75, 3.05) is 0 Å². The van der Waals surface area contributed by atoms with E-state index in [1.807, 2.05) is 18.2 Å². The van der Waals surface area contributed by atoms with Crippen LogP contribution in [-0.4, -0.2) is 10.9 Å². The lowest BCUT2D eigenvalue weighted by Crippen LogP contribution is -2.04. The number of halogens is 1. The summed E-state index contributed by atoms with van der Waals surface area (Å²) in [4.78, 5) is 13.7. The number of carbonyl (C=O) groups excluding carboxylic acids is 1. The van der Waals surface area contributed by atoms with E-state index in [0.717, 1.165) is 16.5 Å². The summed E-state index contributed by atoms with van der Waals surface area (Å²) in [6.45, 7) is 0. The van der Waals surface area contributed by atoms with Gasteiger partial charge >= 0.3 is 0 Å². The highest BCUT2D eigenvalue weighted by atomic mass is 35.5. The quantitative estimate of drug-likeness (QED) is 0.750. The van der Waals surface area contributed by atoms with Gasteiger partial charge in [-0.3, -0.25) is 4.79 Å². The number of amides is 1. The first-order valence-corrected chi connectivity index (χ1v) is 4.79. The number of fused-ring (bicyclic) bond motifs is 1. The van der Waals surface area contributed by atoms with Gasteiger partial charge in [-0.1, -0.05) is 11.6 Å². The zero-order valence-corrected chi connectivity index (χ0v) is 8.58. The molecule has 2 rings (SSSR count). The van der Waals surface area contributed by atoms with E-state index in [9.17, 15) is 4.79 Å². The van der Waals surface area contributed by atoms with Crippen molar-refractivity contribution in [1.82, 2.24) is 4.98 Å². The Bertz CT molecular complexity index is 543. The number of primary amides is 1. The minimum Gasteiger partial charge on any atom is -0.366 e. The molecule has 0 radical (unpaired) electrons. The Morgan fingerprint density at radius 1 is 1.47 bits per heavy atom. The molecule has 1 heterocycles. The van der Waals surface area contributed by atoms with Gasteiger partial charge in [0.2, 0.25) is 5.91 Å². The number of aromatic nitrogens is 1. The predicted octanol–water partition coefficient (Wildman–Crippen LogP) is 2.32. The number of rotatable bonds is 2. The summed E-state index contributed by atoms with van der Waals surface area (Å²) in [5.74, 6) is -0.466. The van der Waals surface area contributed by atoms with Crippen molar-refractivity contribution in [2.45, 2.75) is 0 Å². The number of carbonyl (C=O) groups is 1. The van der Waals surface area contributed by atoms with Gasteiger partial charge in [0.05, 0.1) is 0 Å². The number of H-pyrrole nitrogens is 1. The molecule has 0 aliphatic carbocycles. The van der Waals surface area contributed by atoms with Crippen molar-refractivity contribution in [2.24, 2.45) is 5.73 Å². The van der Waals surface area contributed by atoms with Crippen LogP contribution >= 0.6 is 11.6 Å². The Balaban J connectivity index is 2.52. The van der Waals surface area contributed by atoms with Gasteiger partial charge in [0.25, 0.3) is 0 Å². The van der Waals surface area contributed by atoms with Crippen molar-refractivity contribution >= 4 is 34.5 Å². The van der Waals surface area contributed by atoms with E-state index >= 15 is 0 Å². The Kier molecular flexibility index (Phi) is 2.47. The lowest BCUT2D eigenvalue weighted by Gasteiger charge is -1.92. The van der Waals surface area contributed by atoms with E-state index in [1.165, 1.54) is 6.08 Å². The molecular formula is C11H9ClN2O. The number of hydrogen-bond donors (Lipinski definition) is 2. The van der Waals surface area contributed by atoms with E-state index in [2.05, 4.69) is 4.98 Å². The molecule has 0 saturated heterocycles. The number of aromatic amines is 1. The maximum atomic E-state index is 10.6. The van der Waals surface area contributed by atoms with Crippen molar-refractivity contribution in [3.63, 3.8) is 0 Å². The molecule has 0 atom stereocenters. The minimum atomic E-state index is -0.466. The molecule has 76 valence electrons. The summed E-state index contributed by atoms with van der Waals surface area (Å²) in [7, 11) is 0. The Morgan fingerprint density at radius 2 is 2.27 bits per heavy atom. The maximum Gasteiger partial charge on any atom is 0.241 e. The van der Waals surface area contributed by atoms with Crippen molar-refractivity contribution in [3.8, 4) is 0 Å². The zero-order chi connectivity index (χ0) is 10.8. The van der Waals surface area contributed by atoms with Gasteiger partial charge in [-0.15, -0.1) is 0 Å². The molecule has 0 saturated carbocycles. The SMILES string of the molecule is NC(=O)/C=C\c1c[nH]c2ccc(Cl)cc12. The topological polar surface area (TPSA) is 58.9 Å². The molecule has 2 aromatic rings. The van der Waals surface area contributed by atoms with Gasteiger partial charge in [-0.2, -0.15) is 0 Å². The molecule has 3 nitrogen and oxygen atoms in total. The summed E-state index contributed by atoms with van der Waals surface area (Å²) < 4.78 is 0. The molecular weight excluding hydrogens is 212 g/mol. The highest BCUT2D eigenvalue weighted by Crippen LogP contribution is 2.23. The van der Waals surface area contributed by atoms with Gasteiger partial charge in [0, 0.05) is 28.2 Å². The van der Waals surface area contributed by atoms with Crippen LogP contribution in [0.3, 0.4) is 0 Å². The third-order valence-corrected chi connectivity index (χ3v) is 2.34. The molecule has 1 aromatic carbocycles. The summed E-state index contributed by atoms with van der Waals surface area (Å²) in [6.07, 6.45) is 4.79. The van der Waals surface area contributed by atoms with Crippen molar-refractivity contribution in [1.29, 1.82) is 0 Å². The Morgan fingerprint density at radius 3 is 3.00 bits per heavy atom. The summed E-state index contributed by atoms with van der Waals surface area (Å²) in [5.41, 5.74) is 6.89. The van der Waals surface area contributed by atoms with Crippen LogP contribution < -0.4 is 5.73 Å². The fraction of sp³-hybridized carbons (Fsp3) is 0. The minimum absolute atomic E-state index is 0.466. The van der Waals surface area contributed by atoms with Crippen LogP contribution in [0.5, 0.6) is 0 Å². The average Bonchev–Trinajstić information content (AvgIpc) is 2.57. The van der Waals surface area contributed by atoms with Crippen LogP contribution in [0.2, 0.25) is 5.02 Å². The van der Waals surface area contributed by atoms with E-state index in [0.29, 0.717) is 5.02 Å². The highest BCUT2D eigenvalue weighted by Gasteiger charge is 2.01. The van der Waals surface area contributed by atoms with Crippen molar-refractivity contribution in [3.05, 3.63) is 41.1 Å². The van der Waals surface area contributed by atoms with Crippen LogP contribution in [0.25, 0.3) is 17.0 Å². The molecule has 0 fully saturated rings. The zero-order valence-electron chi connectivity index (χ0n) is 7.83. The lowest BCUT2D eigenvalue weighted by atomic mass is 10.1. The average molecular weight is 221 g/mol. The van der Waals surface area contributed by atoms with Gasteiger partial charge in [-0.25, -0.2) is 0 Å². The first-order chi connectivity index (χ1) is 7.16. The summed E-state index contributed by atoms with van der Waals surface area (Å²) in [6, 6.07) is 5.54. The van der Waals surface area contributed by atoms with Gasteiger partial charge in [-0.05, 0) is 29.8 Å². The van der Waals surface area contributed by atoms with E-state index < -0.39 is 5.91 Å². The van der Waals surface area contributed by atoms with Crippen LogP contribution in [0.15, 0.2) is 30.5 Å². The molecule has 4 heteroatoms. The summed E-state index contributed by atoms with van der Waals surface area (Å²) >= 11 is 5.88. The van der Waals surface area contributed by atoms with E-state index in [-0.39, 0.29) is 0 Å². The maximum absolute atomic E-state index is 10.6. The molecule has 0 aliphatic rings. The van der Waals surface area contributed by atoms with Crippen LogP contribution in [0, 0.1) is 0 Å². The normalized spacial score (nSPS) is 11.3. The second-order valence-electron chi connectivity index (χ2n) is 3.17. The molecule has 0 unspecified atom stereocenters. The first-order valence-electron chi connectivity index (χ1n) is 4.41. The van der Waals surface area contributed by atoms with Crippen LogP contribution in [0.4, 0.5) is 0 Å². The van der Waals surface area contributed by atoms with Gasteiger partial charge < -0.3 is 10.7 Å². The molecule has 3 N–H and O–H groups in total. The fourth-order valence-electron chi connectivity index (χ4n) is 1.42. The number of hydrogen-bond acceptors (Lipinski definition) is 1. The number of nitrogens with one attached hydrogen (secondary N) is 1. The van der Waals surface area contributed by atoms with Crippen molar-refractivity contribution < 1.29 is 4.79 Å². The monoisotopic (exact) mass is 220 g/mol. The third kappa shape index (κ3) is 2.02.